The van der Waals surface area contributed by atoms with E-state index in [1.807, 2.05) is 27.0 Å². The fourth-order valence-electron chi connectivity index (χ4n) is 1.43. The minimum atomic E-state index is 0.0935. The van der Waals surface area contributed by atoms with Gasteiger partial charge >= 0.3 is 0 Å². The van der Waals surface area contributed by atoms with Crippen molar-refractivity contribution in [2.75, 3.05) is 13.7 Å². The summed E-state index contributed by atoms with van der Waals surface area (Å²) in [4.78, 5) is 2.06. The molecule has 1 heterocycles. The van der Waals surface area contributed by atoms with E-state index in [-0.39, 0.29) is 6.61 Å². The first kappa shape index (κ1) is 11.8. The molecular formula is C13H19NO. The van der Waals surface area contributed by atoms with E-state index >= 15 is 0 Å². The van der Waals surface area contributed by atoms with Crippen LogP contribution in [0.4, 0.5) is 0 Å². The SMILES string of the molecule is CC1=CN(C)/C(=C\C(CO)=C(C)C)C=C1. The number of hydrogen-bond acceptors (Lipinski definition) is 2. The zero-order chi connectivity index (χ0) is 11.4. The molecule has 0 saturated carbocycles. The molecule has 0 bridgehead atoms. The van der Waals surface area contributed by atoms with Crippen molar-refractivity contribution in [1.29, 1.82) is 0 Å². The zero-order valence-corrected chi connectivity index (χ0v) is 9.91. The molecule has 15 heavy (non-hydrogen) atoms. The van der Waals surface area contributed by atoms with Crippen molar-refractivity contribution in [1.82, 2.24) is 4.90 Å². The van der Waals surface area contributed by atoms with Gasteiger partial charge in [0.05, 0.1) is 6.61 Å². The molecule has 0 aliphatic carbocycles. The summed E-state index contributed by atoms with van der Waals surface area (Å²) in [5.41, 5.74) is 4.47. The van der Waals surface area contributed by atoms with Gasteiger partial charge in [0.25, 0.3) is 0 Å². The molecule has 0 radical (unpaired) electrons. The zero-order valence-electron chi connectivity index (χ0n) is 9.91. The Morgan fingerprint density at radius 1 is 1.40 bits per heavy atom. The second-order valence-corrected chi connectivity index (χ2v) is 4.07. The third kappa shape index (κ3) is 3.10. The van der Waals surface area contributed by atoms with E-state index < -0.39 is 0 Å². The van der Waals surface area contributed by atoms with Gasteiger partial charge in [-0.3, -0.25) is 0 Å². The molecule has 1 N–H and O–H groups in total. The Hall–Kier alpha value is -1.28. The van der Waals surface area contributed by atoms with Gasteiger partial charge in [0.2, 0.25) is 0 Å². The van der Waals surface area contributed by atoms with Crippen LogP contribution in [-0.2, 0) is 0 Å². The van der Waals surface area contributed by atoms with Crippen LogP contribution in [0, 0.1) is 0 Å². The summed E-state index contributed by atoms with van der Waals surface area (Å²) >= 11 is 0. The number of allylic oxidation sites excluding steroid dienone is 4. The van der Waals surface area contributed by atoms with Gasteiger partial charge in [0, 0.05) is 18.9 Å². The predicted molar refractivity (Wildman–Crippen MR) is 64.2 cm³/mol. The molecule has 1 aliphatic heterocycles. The molecule has 1 rings (SSSR count). The van der Waals surface area contributed by atoms with Crippen molar-refractivity contribution in [2.45, 2.75) is 20.8 Å². The lowest BCUT2D eigenvalue weighted by molar-refractivity contribution is 0.333. The van der Waals surface area contributed by atoms with E-state index in [4.69, 9.17) is 0 Å². The summed E-state index contributed by atoms with van der Waals surface area (Å²) in [6.45, 7) is 6.18. The van der Waals surface area contributed by atoms with Crippen molar-refractivity contribution in [3.8, 4) is 0 Å². The van der Waals surface area contributed by atoms with Crippen molar-refractivity contribution in [2.24, 2.45) is 0 Å². The molecule has 0 aromatic heterocycles. The Morgan fingerprint density at radius 3 is 2.53 bits per heavy atom. The van der Waals surface area contributed by atoms with Crippen LogP contribution in [-0.4, -0.2) is 23.7 Å². The average Bonchev–Trinajstić information content (AvgIpc) is 2.16. The van der Waals surface area contributed by atoms with Crippen molar-refractivity contribution < 1.29 is 5.11 Å². The first-order valence-electron chi connectivity index (χ1n) is 5.13. The summed E-state index contributed by atoms with van der Waals surface area (Å²) in [5, 5.41) is 9.20. The lowest BCUT2D eigenvalue weighted by Gasteiger charge is -2.20. The molecule has 0 spiro atoms. The first-order valence-corrected chi connectivity index (χ1v) is 5.13. The van der Waals surface area contributed by atoms with Crippen LogP contribution in [0.3, 0.4) is 0 Å². The standard InChI is InChI=1S/C13H19NO/c1-10(2)12(9-15)7-13-6-5-11(3)8-14(13)4/h5-8,15H,9H2,1-4H3/b13-7-. The highest BCUT2D eigenvalue weighted by Crippen LogP contribution is 2.17. The molecule has 2 heteroatoms. The van der Waals surface area contributed by atoms with Gasteiger partial charge in [0.1, 0.15) is 0 Å². The van der Waals surface area contributed by atoms with Gasteiger partial charge in [0.15, 0.2) is 0 Å². The summed E-state index contributed by atoms with van der Waals surface area (Å²) in [7, 11) is 2.01. The van der Waals surface area contributed by atoms with E-state index in [1.54, 1.807) is 0 Å². The molecule has 1 aliphatic rings. The minimum Gasteiger partial charge on any atom is -0.392 e. The first-order chi connectivity index (χ1) is 7.04. The fourth-order valence-corrected chi connectivity index (χ4v) is 1.43. The van der Waals surface area contributed by atoms with Crippen LogP contribution in [0.1, 0.15) is 20.8 Å². The third-order valence-electron chi connectivity index (χ3n) is 2.46. The highest BCUT2D eigenvalue weighted by Gasteiger charge is 2.05. The quantitative estimate of drug-likeness (QED) is 0.749. The highest BCUT2D eigenvalue weighted by atomic mass is 16.3. The normalized spacial score (nSPS) is 18.1. The second kappa shape index (κ2) is 4.99. The van der Waals surface area contributed by atoms with Crippen molar-refractivity contribution in [3.05, 3.63) is 46.8 Å². The monoisotopic (exact) mass is 205 g/mol. The van der Waals surface area contributed by atoms with Crippen molar-refractivity contribution >= 4 is 0 Å². The fraction of sp³-hybridized carbons (Fsp3) is 0.385. The molecule has 82 valence electrons. The Morgan fingerprint density at radius 2 is 2.07 bits per heavy atom. The van der Waals surface area contributed by atoms with Gasteiger partial charge in [-0.25, -0.2) is 0 Å². The number of hydrogen-bond donors (Lipinski definition) is 1. The lowest BCUT2D eigenvalue weighted by Crippen LogP contribution is -2.12. The Bertz CT molecular complexity index is 355. The van der Waals surface area contributed by atoms with Gasteiger partial charge in [-0.2, -0.15) is 0 Å². The van der Waals surface area contributed by atoms with E-state index in [2.05, 4.69) is 30.2 Å². The number of aliphatic hydroxyl groups is 1. The van der Waals surface area contributed by atoms with Crippen LogP contribution in [0.2, 0.25) is 0 Å². The summed E-state index contributed by atoms with van der Waals surface area (Å²) < 4.78 is 0. The van der Waals surface area contributed by atoms with Crippen LogP contribution in [0.25, 0.3) is 0 Å². The highest BCUT2D eigenvalue weighted by molar-refractivity contribution is 5.38. The number of rotatable bonds is 2. The van der Waals surface area contributed by atoms with E-state index in [9.17, 15) is 5.11 Å². The third-order valence-corrected chi connectivity index (χ3v) is 2.46. The smallest absolute Gasteiger partial charge is 0.0681 e. The summed E-state index contributed by atoms with van der Waals surface area (Å²) in [6, 6.07) is 0. The number of nitrogens with zero attached hydrogens (tertiary/aromatic N) is 1. The van der Waals surface area contributed by atoms with Crippen LogP contribution >= 0.6 is 0 Å². The van der Waals surface area contributed by atoms with Gasteiger partial charge in [-0.15, -0.1) is 0 Å². The molecule has 2 nitrogen and oxygen atoms in total. The molecule has 0 saturated heterocycles. The maximum atomic E-state index is 9.20. The van der Waals surface area contributed by atoms with Gasteiger partial charge in [-0.1, -0.05) is 11.6 Å². The maximum Gasteiger partial charge on any atom is 0.0681 e. The largest absolute Gasteiger partial charge is 0.392 e. The number of likely N-dealkylation sites (N-methyl/N-ethyl adjacent to an activating group) is 1. The predicted octanol–water partition coefficient (Wildman–Crippen LogP) is 2.60. The maximum absolute atomic E-state index is 9.20. The topological polar surface area (TPSA) is 23.5 Å². The number of aliphatic hydroxyl groups excluding tert-OH is 1. The Kier molecular flexibility index (Phi) is 3.92. The molecule has 0 atom stereocenters. The lowest BCUT2D eigenvalue weighted by atomic mass is 10.1. The van der Waals surface area contributed by atoms with E-state index in [0.717, 1.165) is 16.8 Å². The van der Waals surface area contributed by atoms with Crippen LogP contribution < -0.4 is 0 Å². The molecule has 0 aromatic rings. The average molecular weight is 205 g/mol. The second-order valence-electron chi connectivity index (χ2n) is 4.07. The Labute approximate surface area is 91.9 Å². The molecule has 0 aromatic carbocycles. The van der Waals surface area contributed by atoms with Gasteiger partial charge < -0.3 is 10.0 Å². The van der Waals surface area contributed by atoms with Crippen LogP contribution in [0.5, 0.6) is 0 Å². The summed E-state index contributed by atoms with van der Waals surface area (Å²) in [6.07, 6.45) is 8.24. The van der Waals surface area contributed by atoms with Crippen LogP contribution in [0.15, 0.2) is 46.8 Å². The molecular weight excluding hydrogens is 186 g/mol. The molecule has 0 unspecified atom stereocenters. The summed E-state index contributed by atoms with van der Waals surface area (Å²) in [5.74, 6) is 0. The van der Waals surface area contributed by atoms with Gasteiger partial charge in [-0.05, 0) is 44.1 Å². The van der Waals surface area contributed by atoms with Crippen molar-refractivity contribution in [3.63, 3.8) is 0 Å². The Balaban J connectivity index is 2.96. The van der Waals surface area contributed by atoms with E-state index in [0.29, 0.717) is 0 Å². The van der Waals surface area contributed by atoms with E-state index in [1.165, 1.54) is 5.57 Å². The molecule has 0 amide bonds. The molecule has 0 fully saturated rings. The minimum absolute atomic E-state index is 0.0935.